The fourth-order valence-corrected chi connectivity index (χ4v) is 2.39. The molecule has 2 rings (SSSR count). The van der Waals surface area contributed by atoms with Gasteiger partial charge in [-0.1, -0.05) is 13.8 Å². The number of hydrogen-bond donors (Lipinski definition) is 2. The molecule has 24 heavy (non-hydrogen) atoms. The Hall–Kier alpha value is -1.51. The molecule has 2 N–H and O–H groups in total. The Morgan fingerprint density at radius 2 is 2.08 bits per heavy atom. The average molecular weight is 445 g/mol. The molecule has 0 aliphatic carbocycles. The smallest absolute Gasteiger partial charge is 0.191 e. The zero-order valence-corrected chi connectivity index (χ0v) is 17.4. The van der Waals surface area contributed by atoms with E-state index in [-0.39, 0.29) is 30.0 Å². The molecule has 0 fully saturated rings. The van der Waals surface area contributed by atoms with E-state index in [1.54, 1.807) is 7.05 Å². The van der Waals surface area contributed by atoms with E-state index in [2.05, 4.69) is 39.0 Å². The highest BCUT2D eigenvalue weighted by molar-refractivity contribution is 14.0. The molecule has 7 heteroatoms. The molecule has 0 saturated carbocycles. The van der Waals surface area contributed by atoms with Crippen LogP contribution in [0, 0.1) is 12.8 Å². The van der Waals surface area contributed by atoms with Gasteiger partial charge >= 0.3 is 0 Å². The Kier molecular flexibility index (Phi) is 8.30. The van der Waals surface area contributed by atoms with Crippen molar-refractivity contribution in [2.24, 2.45) is 10.9 Å². The van der Waals surface area contributed by atoms with Gasteiger partial charge in [-0.3, -0.25) is 4.99 Å². The van der Waals surface area contributed by atoms with Crippen molar-refractivity contribution in [2.75, 3.05) is 7.05 Å². The van der Waals surface area contributed by atoms with Crippen molar-refractivity contribution in [1.82, 2.24) is 20.2 Å². The van der Waals surface area contributed by atoms with E-state index in [1.807, 2.05) is 38.4 Å². The molecule has 1 unspecified atom stereocenters. The zero-order valence-electron chi connectivity index (χ0n) is 15.0. The predicted molar refractivity (Wildman–Crippen MR) is 108 cm³/mol. The summed E-state index contributed by atoms with van der Waals surface area (Å²) < 4.78 is 7.81. The summed E-state index contributed by atoms with van der Waals surface area (Å²) in [5, 5.41) is 6.63. The van der Waals surface area contributed by atoms with Gasteiger partial charge in [0.15, 0.2) is 5.96 Å². The van der Waals surface area contributed by atoms with Crippen LogP contribution in [-0.2, 0) is 13.1 Å². The SMILES string of the molecule is CN=C(NCc1nccn1CC(C)C)NC(C)c1ccc(C)o1.I. The summed E-state index contributed by atoms with van der Waals surface area (Å²) in [4.78, 5) is 8.68. The summed E-state index contributed by atoms with van der Waals surface area (Å²) in [6, 6.07) is 3.99. The van der Waals surface area contributed by atoms with Crippen molar-refractivity contribution in [1.29, 1.82) is 0 Å². The van der Waals surface area contributed by atoms with Gasteiger partial charge in [-0.15, -0.1) is 24.0 Å². The van der Waals surface area contributed by atoms with Crippen molar-refractivity contribution in [3.8, 4) is 0 Å². The van der Waals surface area contributed by atoms with Crippen LogP contribution in [0.4, 0.5) is 0 Å². The fraction of sp³-hybridized carbons (Fsp3) is 0.529. The maximum atomic E-state index is 5.64. The number of aromatic nitrogens is 2. The summed E-state index contributed by atoms with van der Waals surface area (Å²) in [7, 11) is 1.76. The number of hydrogen-bond acceptors (Lipinski definition) is 3. The predicted octanol–water partition coefficient (Wildman–Crippen LogP) is 3.48. The summed E-state index contributed by atoms with van der Waals surface area (Å²) in [6.07, 6.45) is 3.85. The highest BCUT2D eigenvalue weighted by atomic mass is 127. The van der Waals surface area contributed by atoms with E-state index in [9.17, 15) is 0 Å². The zero-order chi connectivity index (χ0) is 16.8. The average Bonchev–Trinajstić information content (AvgIpc) is 3.12. The first-order valence-electron chi connectivity index (χ1n) is 8.03. The molecule has 6 nitrogen and oxygen atoms in total. The third kappa shape index (κ3) is 5.85. The summed E-state index contributed by atoms with van der Waals surface area (Å²) >= 11 is 0. The van der Waals surface area contributed by atoms with Crippen LogP contribution in [0.1, 0.15) is 44.2 Å². The highest BCUT2D eigenvalue weighted by Gasteiger charge is 2.12. The van der Waals surface area contributed by atoms with E-state index in [0.717, 1.165) is 29.8 Å². The molecular formula is C17H28IN5O. The van der Waals surface area contributed by atoms with Crippen LogP contribution in [0.5, 0.6) is 0 Å². The van der Waals surface area contributed by atoms with Crippen LogP contribution in [0.2, 0.25) is 0 Å². The molecule has 1 atom stereocenters. The highest BCUT2D eigenvalue weighted by Crippen LogP contribution is 2.15. The molecule has 134 valence electrons. The number of nitrogens with zero attached hydrogens (tertiary/aromatic N) is 3. The van der Waals surface area contributed by atoms with Gasteiger partial charge in [0, 0.05) is 26.0 Å². The van der Waals surface area contributed by atoms with Gasteiger partial charge < -0.3 is 19.6 Å². The first kappa shape index (κ1) is 20.5. The van der Waals surface area contributed by atoms with Gasteiger partial charge in [0.05, 0.1) is 12.6 Å². The number of halogens is 1. The summed E-state index contributed by atoms with van der Waals surface area (Å²) in [6.45, 7) is 9.98. The molecule has 0 aliphatic rings. The number of furan rings is 1. The van der Waals surface area contributed by atoms with Gasteiger partial charge in [0.2, 0.25) is 0 Å². The van der Waals surface area contributed by atoms with Crippen molar-refractivity contribution in [3.63, 3.8) is 0 Å². The number of rotatable bonds is 6. The van der Waals surface area contributed by atoms with E-state index < -0.39 is 0 Å². The molecule has 2 heterocycles. The molecule has 2 aromatic rings. The maximum Gasteiger partial charge on any atom is 0.191 e. The standard InChI is InChI=1S/C17H27N5O.HI/c1-12(2)11-22-9-8-19-16(22)10-20-17(18-5)21-14(4)15-7-6-13(3)23-15;/h6-9,12,14H,10-11H2,1-5H3,(H2,18,20,21);1H. The third-order valence-corrected chi connectivity index (χ3v) is 3.54. The van der Waals surface area contributed by atoms with E-state index in [4.69, 9.17) is 4.42 Å². The lowest BCUT2D eigenvalue weighted by molar-refractivity contribution is 0.441. The van der Waals surface area contributed by atoms with Crippen molar-refractivity contribution in [2.45, 2.75) is 46.8 Å². The maximum absolute atomic E-state index is 5.64. The van der Waals surface area contributed by atoms with Crippen LogP contribution in [0.25, 0.3) is 0 Å². The largest absolute Gasteiger partial charge is 0.464 e. The second-order valence-corrected chi connectivity index (χ2v) is 6.13. The molecule has 0 bridgehead atoms. The van der Waals surface area contributed by atoms with Gasteiger partial charge in [-0.25, -0.2) is 4.98 Å². The van der Waals surface area contributed by atoms with Crippen LogP contribution in [0.3, 0.4) is 0 Å². The van der Waals surface area contributed by atoms with Crippen LogP contribution in [0.15, 0.2) is 33.9 Å². The Morgan fingerprint density at radius 3 is 2.67 bits per heavy atom. The second kappa shape index (κ2) is 9.71. The second-order valence-electron chi connectivity index (χ2n) is 6.13. The molecule has 0 spiro atoms. The Morgan fingerprint density at radius 1 is 1.33 bits per heavy atom. The van der Waals surface area contributed by atoms with Crippen molar-refractivity contribution < 1.29 is 4.42 Å². The number of aryl methyl sites for hydroxylation is 1. The first-order chi connectivity index (χ1) is 11.0. The van der Waals surface area contributed by atoms with Gasteiger partial charge in [-0.05, 0) is 31.9 Å². The summed E-state index contributed by atoms with van der Waals surface area (Å²) in [5.41, 5.74) is 0. The van der Waals surface area contributed by atoms with Gasteiger partial charge in [0.25, 0.3) is 0 Å². The normalized spacial score (nSPS) is 12.8. The van der Waals surface area contributed by atoms with E-state index >= 15 is 0 Å². The molecular weight excluding hydrogens is 417 g/mol. The number of nitrogens with one attached hydrogen (secondary N) is 2. The monoisotopic (exact) mass is 445 g/mol. The number of guanidine groups is 1. The Labute approximate surface area is 161 Å². The minimum absolute atomic E-state index is 0. The van der Waals surface area contributed by atoms with Crippen LogP contribution >= 0.6 is 24.0 Å². The van der Waals surface area contributed by atoms with Crippen molar-refractivity contribution in [3.05, 3.63) is 41.9 Å². The third-order valence-electron chi connectivity index (χ3n) is 3.54. The lowest BCUT2D eigenvalue weighted by Crippen LogP contribution is -2.38. The lowest BCUT2D eigenvalue weighted by atomic mass is 10.2. The molecule has 0 aromatic carbocycles. The Bertz CT molecular complexity index is 647. The summed E-state index contributed by atoms with van der Waals surface area (Å²) in [5.74, 6) is 4.12. The number of aliphatic imine (C=N–C) groups is 1. The topological polar surface area (TPSA) is 67.4 Å². The van der Waals surface area contributed by atoms with Gasteiger partial charge in [0.1, 0.15) is 17.3 Å². The van der Waals surface area contributed by atoms with Crippen molar-refractivity contribution >= 4 is 29.9 Å². The Balaban J connectivity index is 0.00000288. The molecule has 0 aliphatic heterocycles. The van der Waals surface area contributed by atoms with E-state index in [0.29, 0.717) is 12.5 Å². The molecule has 2 aromatic heterocycles. The molecule has 0 amide bonds. The lowest BCUT2D eigenvalue weighted by Gasteiger charge is -2.17. The van der Waals surface area contributed by atoms with Gasteiger partial charge in [-0.2, -0.15) is 0 Å². The molecule has 0 radical (unpaired) electrons. The quantitative estimate of drug-likeness (QED) is 0.406. The van der Waals surface area contributed by atoms with E-state index in [1.165, 1.54) is 0 Å². The first-order valence-corrected chi connectivity index (χ1v) is 8.03. The minimum Gasteiger partial charge on any atom is -0.464 e. The molecule has 0 saturated heterocycles. The van der Waals surface area contributed by atoms with Crippen LogP contribution < -0.4 is 10.6 Å². The minimum atomic E-state index is 0. The van der Waals surface area contributed by atoms with Crippen LogP contribution in [-0.4, -0.2) is 22.6 Å². The fourth-order valence-electron chi connectivity index (χ4n) is 2.39. The number of imidazole rings is 1.